The predicted octanol–water partition coefficient (Wildman–Crippen LogP) is 3.90. The smallest absolute Gasteiger partial charge is 0.280 e. The van der Waals surface area contributed by atoms with E-state index in [1.54, 1.807) is 25.3 Å². The van der Waals surface area contributed by atoms with Crippen molar-refractivity contribution in [3.63, 3.8) is 0 Å². The molecule has 26 heavy (non-hydrogen) atoms. The van der Waals surface area contributed by atoms with E-state index in [2.05, 4.69) is 15.8 Å². The van der Waals surface area contributed by atoms with Crippen LogP contribution in [-0.4, -0.2) is 16.8 Å². The molecule has 3 N–H and O–H groups in total. The van der Waals surface area contributed by atoms with Crippen LogP contribution in [0.5, 0.6) is 0 Å². The second-order valence-electron chi connectivity index (χ2n) is 5.83. The van der Waals surface area contributed by atoms with Crippen molar-refractivity contribution in [2.45, 2.75) is 6.92 Å². The fourth-order valence-corrected chi connectivity index (χ4v) is 4.09. The van der Waals surface area contributed by atoms with Crippen molar-refractivity contribution in [2.75, 3.05) is 0 Å². The van der Waals surface area contributed by atoms with E-state index >= 15 is 0 Å². The van der Waals surface area contributed by atoms with Gasteiger partial charge in [-0.2, -0.15) is 0 Å². The third-order valence-corrected chi connectivity index (χ3v) is 5.49. The molecule has 0 bridgehead atoms. The quantitative estimate of drug-likeness (QED) is 0.470. The van der Waals surface area contributed by atoms with E-state index < -0.39 is 11.8 Å². The van der Waals surface area contributed by atoms with Gasteiger partial charge in [-0.05, 0) is 30.7 Å². The molecule has 4 rings (SSSR count). The normalized spacial score (nSPS) is 11.0. The molecule has 0 unspecified atom stereocenters. The molecule has 130 valence electrons. The number of aromatic nitrogens is 1. The molecule has 0 saturated heterocycles. The van der Waals surface area contributed by atoms with Crippen LogP contribution in [0.25, 0.3) is 21.0 Å². The van der Waals surface area contributed by atoms with Gasteiger partial charge in [0.25, 0.3) is 11.8 Å². The maximum Gasteiger partial charge on any atom is 0.280 e. The fraction of sp³-hybridized carbons (Fsp3) is 0.0526. The Morgan fingerprint density at radius 1 is 1.04 bits per heavy atom. The van der Waals surface area contributed by atoms with E-state index in [1.165, 1.54) is 17.4 Å². The Labute approximate surface area is 151 Å². The highest BCUT2D eigenvalue weighted by Gasteiger charge is 2.19. The number of amides is 2. The summed E-state index contributed by atoms with van der Waals surface area (Å²) in [4.78, 5) is 28.2. The first-order valence-corrected chi connectivity index (χ1v) is 8.72. The lowest BCUT2D eigenvalue weighted by molar-refractivity contribution is 0.0849. The number of hydrogen-bond donors (Lipinski definition) is 3. The van der Waals surface area contributed by atoms with Crippen LogP contribution in [0.1, 0.15) is 25.6 Å². The van der Waals surface area contributed by atoms with Crippen LogP contribution in [0.2, 0.25) is 0 Å². The summed E-state index contributed by atoms with van der Waals surface area (Å²) in [5, 5.41) is 1.20. The number of aryl methyl sites for hydroxylation is 1. The van der Waals surface area contributed by atoms with Gasteiger partial charge in [0.2, 0.25) is 0 Å². The minimum absolute atomic E-state index is 0.363. The van der Waals surface area contributed by atoms with Crippen LogP contribution in [0, 0.1) is 12.7 Å². The number of carbonyl (C=O) groups is 2. The average Bonchev–Trinajstić information content (AvgIpc) is 3.22. The van der Waals surface area contributed by atoms with E-state index in [9.17, 15) is 14.0 Å². The van der Waals surface area contributed by atoms with Gasteiger partial charge in [-0.15, -0.1) is 11.3 Å². The maximum atomic E-state index is 14.0. The number of hydrazine groups is 1. The Bertz CT molecular complexity index is 1160. The molecule has 4 aromatic rings. The molecule has 2 amide bonds. The molecular formula is C19H14FN3O2S. The SMILES string of the molecule is Cc1c(C(=O)NNC(=O)c2c[nH]c3ccccc23)sc2cccc(F)c12. The highest BCUT2D eigenvalue weighted by molar-refractivity contribution is 7.21. The first kappa shape index (κ1) is 16.3. The third-order valence-electron chi connectivity index (χ3n) is 4.23. The standard InChI is InChI=1S/C19H14FN3O2S/c1-10-16-13(20)6-4-8-15(16)26-17(10)19(25)23-22-18(24)12-9-21-14-7-3-2-5-11(12)14/h2-9,21H,1H3,(H,22,24)(H,23,25). The summed E-state index contributed by atoms with van der Waals surface area (Å²) in [6.07, 6.45) is 1.59. The van der Waals surface area contributed by atoms with Gasteiger partial charge < -0.3 is 4.98 Å². The van der Waals surface area contributed by atoms with Crippen molar-refractivity contribution < 1.29 is 14.0 Å². The van der Waals surface area contributed by atoms with E-state index in [4.69, 9.17) is 0 Å². The van der Waals surface area contributed by atoms with Crippen LogP contribution < -0.4 is 10.9 Å². The van der Waals surface area contributed by atoms with Crippen molar-refractivity contribution in [3.05, 3.63) is 70.5 Å². The van der Waals surface area contributed by atoms with Crippen molar-refractivity contribution in [2.24, 2.45) is 0 Å². The monoisotopic (exact) mass is 367 g/mol. The largest absolute Gasteiger partial charge is 0.360 e. The van der Waals surface area contributed by atoms with Crippen molar-refractivity contribution >= 4 is 44.1 Å². The number of carbonyl (C=O) groups excluding carboxylic acids is 2. The van der Waals surface area contributed by atoms with Crippen LogP contribution in [0.3, 0.4) is 0 Å². The summed E-state index contributed by atoms with van der Waals surface area (Å²) < 4.78 is 14.7. The van der Waals surface area contributed by atoms with Crippen LogP contribution in [0.15, 0.2) is 48.7 Å². The number of halogens is 1. The second-order valence-corrected chi connectivity index (χ2v) is 6.88. The number of H-pyrrole nitrogens is 1. The average molecular weight is 367 g/mol. The zero-order chi connectivity index (χ0) is 18.3. The van der Waals surface area contributed by atoms with Crippen molar-refractivity contribution in [1.29, 1.82) is 0 Å². The number of rotatable bonds is 2. The topological polar surface area (TPSA) is 74.0 Å². The third kappa shape index (κ3) is 2.62. The summed E-state index contributed by atoms with van der Waals surface area (Å²) in [7, 11) is 0. The molecule has 0 fully saturated rings. The summed E-state index contributed by atoms with van der Waals surface area (Å²) in [5.41, 5.74) is 6.65. The molecule has 5 nitrogen and oxygen atoms in total. The van der Waals surface area contributed by atoms with Gasteiger partial charge in [0, 0.05) is 27.2 Å². The molecule has 0 aliphatic heterocycles. The number of thiophene rings is 1. The first-order valence-electron chi connectivity index (χ1n) is 7.90. The first-order chi connectivity index (χ1) is 12.6. The number of hydrogen-bond acceptors (Lipinski definition) is 3. The van der Waals surface area contributed by atoms with E-state index in [0.717, 1.165) is 10.9 Å². The molecular weight excluding hydrogens is 353 g/mol. The maximum absolute atomic E-state index is 14.0. The number of para-hydroxylation sites is 1. The van der Waals surface area contributed by atoms with Gasteiger partial charge in [-0.25, -0.2) is 4.39 Å². The number of nitrogens with one attached hydrogen (secondary N) is 3. The van der Waals surface area contributed by atoms with Crippen LogP contribution >= 0.6 is 11.3 Å². The Morgan fingerprint density at radius 2 is 1.81 bits per heavy atom. The second kappa shape index (κ2) is 6.27. The molecule has 2 heterocycles. The summed E-state index contributed by atoms with van der Waals surface area (Å²) in [6.45, 7) is 1.69. The van der Waals surface area contributed by atoms with Gasteiger partial charge >= 0.3 is 0 Å². The highest BCUT2D eigenvalue weighted by Crippen LogP contribution is 2.32. The van der Waals surface area contributed by atoms with Gasteiger partial charge in [0.15, 0.2) is 0 Å². The van der Waals surface area contributed by atoms with E-state index in [1.807, 2.05) is 24.3 Å². The Morgan fingerprint density at radius 3 is 2.62 bits per heavy atom. The van der Waals surface area contributed by atoms with E-state index in [-0.39, 0.29) is 5.82 Å². The van der Waals surface area contributed by atoms with Gasteiger partial charge in [-0.1, -0.05) is 24.3 Å². The van der Waals surface area contributed by atoms with Crippen molar-refractivity contribution in [1.82, 2.24) is 15.8 Å². The van der Waals surface area contributed by atoms with Gasteiger partial charge in [0.1, 0.15) is 5.82 Å². The molecule has 0 aliphatic carbocycles. The number of benzene rings is 2. The van der Waals surface area contributed by atoms with Gasteiger partial charge in [-0.3, -0.25) is 20.4 Å². The van der Waals surface area contributed by atoms with Gasteiger partial charge in [0.05, 0.1) is 10.4 Å². The Hall–Kier alpha value is -3.19. The van der Waals surface area contributed by atoms with E-state index in [0.29, 0.717) is 26.1 Å². The summed E-state index contributed by atoms with van der Waals surface area (Å²) >= 11 is 1.19. The predicted molar refractivity (Wildman–Crippen MR) is 99.8 cm³/mol. The van der Waals surface area contributed by atoms with Crippen LogP contribution in [-0.2, 0) is 0 Å². The lowest BCUT2D eigenvalue weighted by Gasteiger charge is -2.06. The molecule has 0 atom stereocenters. The molecule has 0 aliphatic rings. The Kier molecular flexibility index (Phi) is 3.93. The van der Waals surface area contributed by atoms with Crippen molar-refractivity contribution in [3.8, 4) is 0 Å². The highest BCUT2D eigenvalue weighted by atomic mass is 32.1. The minimum Gasteiger partial charge on any atom is -0.360 e. The molecule has 7 heteroatoms. The lowest BCUT2D eigenvalue weighted by Crippen LogP contribution is -2.41. The summed E-state index contributed by atoms with van der Waals surface area (Å²) in [5.74, 6) is -1.27. The zero-order valence-corrected chi connectivity index (χ0v) is 14.5. The molecule has 0 radical (unpaired) electrons. The fourth-order valence-electron chi connectivity index (χ4n) is 2.97. The number of fused-ring (bicyclic) bond motifs is 2. The van der Waals surface area contributed by atoms with Crippen LogP contribution in [0.4, 0.5) is 4.39 Å². The lowest BCUT2D eigenvalue weighted by atomic mass is 10.1. The molecule has 0 saturated carbocycles. The molecule has 2 aromatic carbocycles. The zero-order valence-electron chi connectivity index (χ0n) is 13.7. The molecule has 0 spiro atoms. The Balaban J connectivity index is 1.55. The summed E-state index contributed by atoms with van der Waals surface area (Å²) in [6, 6.07) is 12.1. The number of aromatic amines is 1. The molecule has 2 aromatic heterocycles. The minimum atomic E-state index is -0.476.